The lowest BCUT2D eigenvalue weighted by molar-refractivity contribution is 0.175. The van der Waals surface area contributed by atoms with Crippen LogP contribution in [0.1, 0.15) is 24.1 Å². The fraction of sp³-hybridized carbons (Fsp3) is 0.471. The average molecular weight is 297 g/mol. The highest BCUT2D eigenvalue weighted by atomic mass is 15.1. The lowest BCUT2D eigenvalue weighted by atomic mass is 9.93. The third-order valence-electron chi connectivity index (χ3n) is 4.31. The molecule has 0 spiro atoms. The van der Waals surface area contributed by atoms with Crippen molar-refractivity contribution >= 4 is 5.82 Å². The van der Waals surface area contributed by atoms with Crippen molar-refractivity contribution in [2.24, 2.45) is 5.92 Å². The monoisotopic (exact) mass is 297 g/mol. The van der Waals surface area contributed by atoms with Crippen LogP contribution in [0.5, 0.6) is 0 Å². The van der Waals surface area contributed by atoms with Crippen molar-refractivity contribution in [3.8, 4) is 0 Å². The van der Waals surface area contributed by atoms with Gasteiger partial charge in [0.05, 0.1) is 5.69 Å². The molecule has 0 saturated carbocycles. The number of likely N-dealkylation sites (tertiary alicyclic amines) is 1. The van der Waals surface area contributed by atoms with Gasteiger partial charge < -0.3 is 10.6 Å². The highest BCUT2D eigenvalue weighted by Crippen LogP contribution is 2.20. The maximum absolute atomic E-state index is 5.59. The molecular formula is C17H23N5. The van der Waals surface area contributed by atoms with Crippen LogP contribution < -0.4 is 5.73 Å². The van der Waals surface area contributed by atoms with Crippen LogP contribution in [0.2, 0.25) is 0 Å². The van der Waals surface area contributed by atoms with Gasteiger partial charge in [0.2, 0.25) is 0 Å². The Bertz CT molecular complexity index is 569. The molecule has 2 N–H and O–H groups in total. The van der Waals surface area contributed by atoms with Crippen molar-refractivity contribution in [2.45, 2.75) is 25.7 Å². The number of rotatable bonds is 5. The van der Waals surface area contributed by atoms with E-state index in [1.165, 1.54) is 24.9 Å². The Balaban J connectivity index is 1.49. The molecule has 1 aliphatic rings. The number of nitrogens with zero attached hydrogens (tertiary/aromatic N) is 4. The maximum atomic E-state index is 5.59. The van der Waals surface area contributed by atoms with Gasteiger partial charge in [-0.1, -0.05) is 0 Å². The summed E-state index contributed by atoms with van der Waals surface area (Å²) in [6, 6.07) is 8.04. The van der Waals surface area contributed by atoms with E-state index in [0.29, 0.717) is 11.7 Å². The third kappa shape index (κ3) is 4.24. The number of anilines is 1. The topological polar surface area (TPSA) is 67.9 Å². The van der Waals surface area contributed by atoms with E-state index < -0.39 is 0 Å². The molecule has 3 heterocycles. The van der Waals surface area contributed by atoms with Crippen LogP contribution in [0, 0.1) is 5.92 Å². The molecule has 2 aromatic rings. The average Bonchev–Trinajstić information content (AvgIpc) is 2.57. The minimum absolute atomic E-state index is 0.492. The minimum atomic E-state index is 0.492. The lowest BCUT2D eigenvalue weighted by Crippen LogP contribution is -2.37. The first-order chi connectivity index (χ1) is 10.8. The van der Waals surface area contributed by atoms with Gasteiger partial charge in [-0.15, -0.1) is 5.10 Å². The molecule has 1 saturated heterocycles. The minimum Gasteiger partial charge on any atom is -0.382 e. The molecule has 3 rings (SSSR count). The van der Waals surface area contributed by atoms with E-state index in [1.54, 1.807) is 0 Å². The predicted octanol–water partition coefficient (Wildman–Crippen LogP) is 1.95. The molecule has 22 heavy (non-hydrogen) atoms. The Morgan fingerprint density at radius 2 is 2.00 bits per heavy atom. The van der Waals surface area contributed by atoms with Crippen LogP contribution in [0.4, 0.5) is 5.82 Å². The van der Waals surface area contributed by atoms with Gasteiger partial charge in [-0.2, -0.15) is 5.10 Å². The second-order valence-electron chi connectivity index (χ2n) is 6.07. The standard InChI is InChI=1S/C17H23N5/c18-17-4-3-16(20-21-17)12-15-2-1-10-22(13-15)11-7-14-5-8-19-9-6-14/h3-6,8-9,15H,1-2,7,10-13H2,(H2,18,21). The molecule has 116 valence electrons. The first-order valence-corrected chi connectivity index (χ1v) is 7.99. The molecule has 1 unspecified atom stereocenters. The molecule has 5 nitrogen and oxygen atoms in total. The van der Waals surface area contributed by atoms with Crippen molar-refractivity contribution in [1.29, 1.82) is 0 Å². The summed E-state index contributed by atoms with van der Waals surface area (Å²) in [5.74, 6) is 1.16. The lowest BCUT2D eigenvalue weighted by Gasteiger charge is -2.32. The fourth-order valence-corrected chi connectivity index (χ4v) is 3.13. The zero-order valence-electron chi connectivity index (χ0n) is 12.9. The van der Waals surface area contributed by atoms with E-state index in [2.05, 4.69) is 32.2 Å². The van der Waals surface area contributed by atoms with Gasteiger partial charge in [-0.05, 0) is 68.0 Å². The molecule has 1 fully saturated rings. The van der Waals surface area contributed by atoms with Crippen molar-refractivity contribution in [3.05, 3.63) is 47.9 Å². The first-order valence-electron chi connectivity index (χ1n) is 7.99. The molecule has 1 aliphatic heterocycles. The second kappa shape index (κ2) is 7.31. The van der Waals surface area contributed by atoms with Gasteiger partial charge in [-0.3, -0.25) is 4.98 Å². The third-order valence-corrected chi connectivity index (χ3v) is 4.31. The number of hydrogen-bond acceptors (Lipinski definition) is 5. The van der Waals surface area contributed by atoms with E-state index in [1.807, 2.05) is 24.5 Å². The smallest absolute Gasteiger partial charge is 0.146 e. The molecule has 0 amide bonds. The second-order valence-corrected chi connectivity index (χ2v) is 6.07. The van der Waals surface area contributed by atoms with Gasteiger partial charge in [0, 0.05) is 25.5 Å². The van der Waals surface area contributed by atoms with Crippen LogP contribution in [0.3, 0.4) is 0 Å². The van der Waals surface area contributed by atoms with Crippen molar-refractivity contribution in [3.63, 3.8) is 0 Å². The van der Waals surface area contributed by atoms with E-state index in [0.717, 1.165) is 31.6 Å². The summed E-state index contributed by atoms with van der Waals surface area (Å²) in [7, 11) is 0. The van der Waals surface area contributed by atoms with Crippen molar-refractivity contribution < 1.29 is 0 Å². The highest BCUT2D eigenvalue weighted by Gasteiger charge is 2.20. The van der Waals surface area contributed by atoms with E-state index >= 15 is 0 Å². The predicted molar refractivity (Wildman–Crippen MR) is 87.3 cm³/mol. The van der Waals surface area contributed by atoms with Crippen molar-refractivity contribution in [2.75, 3.05) is 25.4 Å². The highest BCUT2D eigenvalue weighted by molar-refractivity contribution is 5.25. The molecule has 2 aromatic heterocycles. The zero-order valence-corrected chi connectivity index (χ0v) is 12.9. The molecule has 1 atom stereocenters. The van der Waals surface area contributed by atoms with Crippen LogP contribution in [-0.4, -0.2) is 39.7 Å². The molecular weight excluding hydrogens is 274 g/mol. The van der Waals surface area contributed by atoms with Gasteiger partial charge >= 0.3 is 0 Å². The number of hydrogen-bond donors (Lipinski definition) is 1. The number of aromatic nitrogens is 3. The summed E-state index contributed by atoms with van der Waals surface area (Å²) < 4.78 is 0. The Morgan fingerprint density at radius 1 is 1.14 bits per heavy atom. The van der Waals surface area contributed by atoms with Gasteiger partial charge in [0.25, 0.3) is 0 Å². The maximum Gasteiger partial charge on any atom is 0.146 e. The SMILES string of the molecule is Nc1ccc(CC2CCCN(CCc3ccncc3)C2)nn1. The summed E-state index contributed by atoms with van der Waals surface area (Å²) in [5.41, 5.74) is 8.00. The number of nitrogens with two attached hydrogens (primary N) is 1. The fourth-order valence-electron chi connectivity index (χ4n) is 3.13. The molecule has 0 bridgehead atoms. The molecule has 0 aliphatic carbocycles. The first kappa shape index (κ1) is 14.9. The largest absolute Gasteiger partial charge is 0.382 e. The number of pyridine rings is 1. The van der Waals surface area contributed by atoms with Gasteiger partial charge in [-0.25, -0.2) is 0 Å². The van der Waals surface area contributed by atoms with Gasteiger partial charge in [0.15, 0.2) is 0 Å². The molecule has 0 radical (unpaired) electrons. The Labute approximate surface area is 131 Å². The van der Waals surface area contributed by atoms with Crippen LogP contribution in [-0.2, 0) is 12.8 Å². The van der Waals surface area contributed by atoms with E-state index in [9.17, 15) is 0 Å². The normalized spacial score (nSPS) is 19.2. The summed E-state index contributed by atoms with van der Waals surface area (Å²) in [5, 5.41) is 8.14. The van der Waals surface area contributed by atoms with Gasteiger partial charge in [0.1, 0.15) is 5.82 Å². The Morgan fingerprint density at radius 3 is 2.77 bits per heavy atom. The summed E-state index contributed by atoms with van der Waals surface area (Å²) >= 11 is 0. The Kier molecular flexibility index (Phi) is 4.96. The summed E-state index contributed by atoms with van der Waals surface area (Å²) in [4.78, 5) is 6.64. The van der Waals surface area contributed by atoms with E-state index in [-0.39, 0.29) is 0 Å². The molecule has 0 aromatic carbocycles. The summed E-state index contributed by atoms with van der Waals surface area (Å²) in [6.07, 6.45) is 8.37. The van der Waals surface area contributed by atoms with Crippen LogP contribution >= 0.6 is 0 Å². The summed E-state index contributed by atoms with van der Waals surface area (Å²) in [6.45, 7) is 3.47. The molecule has 5 heteroatoms. The van der Waals surface area contributed by atoms with Crippen LogP contribution in [0.15, 0.2) is 36.7 Å². The Hall–Kier alpha value is -2.01. The number of piperidine rings is 1. The zero-order chi connectivity index (χ0) is 15.2. The van der Waals surface area contributed by atoms with Crippen LogP contribution in [0.25, 0.3) is 0 Å². The van der Waals surface area contributed by atoms with Crippen molar-refractivity contribution in [1.82, 2.24) is 20.1 Å². The van der Waals surface area contributed by atoms with E-state index in [4.69, 9.17) is 5.73 Å². The number of nitrogen functional groups attached to an aromatic ring is 1. The quantitative estimate of drug-likeness (QED) is 0.913.